The molecule has 5 heteroatoms. The van der Waals surface area contributed by atoms with Gasteiger partial charge in [-0.25, -0.2) is 0 Å². The number of thioether (sulfide) groups is 1. The number of hydrogen-bond donors (Lipinski definition) is 1. The van der Waals surface area contributed by atoms with Gasteiger partial charge in [0, 0.05) is 29.4 Å². The number of likely N-dealkylation sites (tertiary alicyclic amines) is 1. The summed E-state index contributed by atoms with van der Waals surface area (Å²) in [7, 11) is 0. The third kappa shape index (κ3) is 2.60. The van der Waals surface area contributed by atoms with Gasteiger partial charge in [-0.2, -0.15) is 5.10 Å². The Bertz CT molecular complexity index is 566. The van der Waals surface area contributed by atoms with Crippen molar-refractivity contribution in [2.24, 2.45) is 11.8 Å². The summed E-state index contributed by atoms with van der Waals surface area (Å²) in [5.41, 5.74) is 0.967. The molecule has 1 aromatic heterocycles. The molecule has 0 bridgehead atoms. The quantitative estimate of drug-likeness (QED) is 0.910. The van der Waals surface area contributed by atoms with Crippen LogP contribution in [0.5, 0.6) is 0 Å². The second-order valence-electron chi connectivity index (χ2n) is 6.69. The van der Waals surface area contributed by atoms with E-state index in [9.17, 15) is 4.79 Å². The highest BCUT2D eigenvalue weighted by atomic mass is 32.2. The van der Waals surface area contributed by atoms with E-state index in [0.29, 0.717) is 11.9 Å². The Morgan fingerprint density at radius 3 is 3.00 bits per heavy atom. The van der Waals surface area contributed by atoms with Crippen molar-refractivity contribution in [1.82, 2.24) is 15.1 Å². The van der Waals surface area contributed by atoms with E-state index in [0.717, 1.165) is 28.8 Å². The molecular weight excluding hydrogens is 294 g/mol. The summed E-state index contributed by atoms with van der Waals surface area (Å²) in [5, 5.41) is 7.08. The lowest BCUT2D eigenvalue weighted by Crippen LogP contribution is -2.51. The van der Waals surface area contributed by atoms with E-state index in [2.05, 4.69) is 21.2 Å². The normalized spacial score (nSPS) is 31.7. The average molecular weight is 317 g/mol. The first-order valence-corrected chi connectivity index (χ1v) is 9.47. The van der Waals surface area contributed by atoms with E-state index < -0.39 is 0 Å². The molecular formula is C17H23N3OS. The lowest BCUT2D eigenvalue weighted by Gasteiger charge is -2.44. The first-order chi connectivity index (χ1) is 10.8. The number of fused-ring (bicyclic) bond motifs is 1. The number of piperidine rings is 1. The van der Waals surface area contributed by atoms with Gasteiger partial charge in [-0.3, -0.25) is 9.89 Å². The van der Waals surface area contributed by atoms with Crippen molar-refractivity contribution in [3.05, 3.63) is 24.0 Å². The van der Waals surface area contributed by atoms with Crippen LogP contribution in [0.3, 0.4) is 0 Å². The van der Waals surface area contributed by atoms with E-state index in [1.165, 1.54) is 38.5 Å². The van der Waals surface area contributed by atoms with Gasteiger partial charge in [-0.1, -0.05) is 18.9 Å². The zero-order valence-electron chi connectivity index (χ0n) is 12.8. The van der Waals surface area contributed by atoms with Crippen molar-refractivity contribution in [3.63, 3.8) is 0 Å². The smallest absolute Gasteiger partial charge is 0.230 e. The van der Waals surface area contributed by atoms with Gasteiger partial charge in [0.2, 0.25) is 5.91 Å². The van der Waals surface area contributed by atoms with Crippen molar-refractivity contribution >= 4 is 22.6 Å². The minimum atomic E-state index is 0.0392. The molecule has 3 unspecified atom stereocenters. The molecule has 4 nitrogen and oxygen atoms in total. The Morgan fingerprint density at radius 1 is 1.27 bits per heavy atom. The molecule has 3 aliphatic rings. The largest absolute Gasteiger partial charge is 0.339 e. The van der Waals surface area contributed by atoms with Gasteiger partial charge in [0.05, 0.1) is 11.6 Å². The molecule has 2 aliphatic heterocycles. The maximum atomic E-state index is 13.0. The number of amides is 1. The molecule has 22 heavy (non-hydrogen) atoms. The van der Waals surface area contributed by atoms with Crippen LogP contribution in [0.1, 0.15) is 44.2 Å². The third-order valence-electron chi connectivity index (χ3n) is 5.37. The number of aromatic nitrogens is 2. The predicted octanol–water partition coefficient (Wildman–Crippen LogP) is 3.29. The number of carbonyl (C=O) groups excluding carboxylic acids is 1. The van der Waals surface area contributed by atoms with Gasteiger partial charge >= 0.3 is 0 Å². The number of nitrogens with one attached hydrogen (secondary N) is 1. The van der Waals surface area contributed by atoms with Crippen molar-refractivity contribution in [1.29, 1.82) is 0 Å². The van der Waals surface area contributed by atoms with E-state index in [-0.39, 0.29) is 5.92 Å². The van der Waals surface area contributed by atoms with E-state index in [1.54, 1.807) is 11.8 Å². The number of aromatic amines is 1. The Balaban J connectivity index is 1.49. The van der Waals surface area contributed by atoms with Gasteiger partial charge in [-0.05, 0) is 37.7 Å². The maximum absolute atomic E-state index is 13.0. The summed E-state index contributed by atoms with van der Waals surface area (Å²) < 4.78 is 0. The van der Waals surface area contributed by atoms with Crippen LogP contribution in [0.4, 0.5) is 0 Å². The summed E-state index contributed by atoms with van der Waals surface area (Å²) in [6.07, 6.45) is 11.7. The van der Waals surface area contributed by atoms with E-state index in [1.807, 2.05) is 12.3 Å². The third-order valence-corrected chi connectivity index (χ3v) is 6.55. The van der Waals surface area contributed by atoms with Crippen LogP contribution in [0.15, 0.2) is 18.3 Å². The van der Waals surface area contributed by atoms with E-state index >= 15 is 0 Å². The summed E-state index contributed by atoms with van der Waals surface area (Å²) in [6.45, 7) is 0.965. The fraction of sp³-hybridized carbons (Fsp3) is 0.647. The van der Waals surface area contributed by atoms with Crippen molar-refractivity contribution in [3.8, 4) is 0 Å². The predicted molar refractivity (Wildman–Crippen MR) is 89.2 cm³/mol. The fourth-order valence-electron chi connectivity index (χ4n) is 4.27. The first-order valence-electron chi connectivity index (χ1n) is 8.48. The highest BCUT2D eigenvalue weighted by Gasteiger charge is 2.38. The molecule has 2 fully saturated rings. The lowest BCUT2D eigenvalue weighted by atomic mass is 9.78. The Hall–Kier alpha value is -1.23. The minimum absolute atomic E-state index is 0.0392. The topological polar surface area (TPSA) is 49.0 Å². The SMILES string of the molecule is O=C(C1C=C(c2cc[nH]n2)SC1)N1CCCC2CCCCC21. The maximum Gasteiger partial charge on any atom is 0.230 e. The Morgan fingerprint density at radius 2 is 2.14 bits per heavy atom. The molecule has 1 aromatic rings. The van der Waals surface area contributed by atoms with Gasteiger partial charge in [-0.15, -0.1) is 11.8 Å². The molecule has 1 amide bonds. The molecule has 1 saturated heterocycles. The molecule has 1 aliphatic carbocycles. The highest BCUT2D eigenvalue weighted by molar-refractivity contribution is 8.08. The van der Waals surface area contributed by atoms with Crippen LogP contribution in [0.2, 0.25) is 0 Å². The second-order valence-corrected chi connectivity index (χ2v) is 7.76. The molecule has 0 aromatic carbocycles. The van der Waals surface area contributed by atoms with Crippen LogP contribution in [0, 0.1) is 11.8 Å². The zero-order chi connectivity index (χ0) is 14.9. The van der Waals surface area contributed by atoms with Gasteiger partial charge in [0.15, 0.2) is 0 Å². The Labute approximate surface area is 135 Å². The molecule has 118 valence electrons. The Kier molecular flexibility index (Phi) is 3.99. The molecule has 1 N–H and O–H groups in total. The van der Waals surface area contributed by atoms with Crippen molar-refractivity contribution < 1.29 is 4.79 Å². The molecule has 0 spiro atoms. The summed E-state index contributed by atoms with van der Waals surface area (Å²) in [5.74, 6) is 2.02. The van der Waals surface area contributed by atoms with Gasteiger partial charge in [0.1, 0.15) is 0 Å². The number of carbonyl (C=O) groups is 1. The first kappa shape index (κ1) is 14.4. The van der Waals surface area contributed by atoms with Crippen LogP contribution in [-0.2, 0) is 4.79 Å². The standard InChI is InChI=1S/C17H23N3OS/c21-17(13-10-16(22-11-13)14-7-8-18-19-14)20-9-3-5-12-4-1-2-6-15(12)20/h7-8,10,12-13,15H,1-6,9,11H2,(H,18,19). The minimum Gasteiger partial charge on any atom is -0.339 e. The summed E-state index contributed by atoms with van der Waals surface area (Å²) >= 11 is 1.76. The van der Waals surface area contributed by atoms with Crippen molar-refractivity contribution in [2.45, 2.75) is 44.6 Å². The number of nitrogens with zero attached hydrogens (tertiary/aromatic N) is 2. The van der Waals surface area contributed by atoms with Gasteiger partial charge < -0.3 is 4.90 Å². The monoisotopic (exact) mass is 317 g/mol. The van der Waals surface area contributed by atoms with Crippen molar-refractivity contribution in [2.75, 3.05) is 12.3 Å². The molecule has 4 rings (SSSR count). The highest BCUT2D eigenvalue weighted by Crippen LogP contribution is 2.40. The number of hydrogen-bond acceptors (Lipinski definition) is 3. The number of H-pyrrole nitrogens is 1. The molecule has 0 radical (unpaired) electrons. The van der Waals surface area contributed by atoms with E-state index in [4.69, 9.17) is 0 Å². The van der Waals surface area contributed by atoms with Crippen LogP contribution in [-0.4, -0.2) is 39.3 Å². The molecule has 3 atom stereocenters. The number of rotatable bonds is 2. The van der Waals surface area contributed by atoms with Crippen LogP contribution >= 0.6 is 11.8 Å². The average Bonchev–Trinajstić information content (AvgIpc) is 3.24. The second kappa shape index (κ2) is 6.11. The molecule has 1 saturated carbocycles. The zero-order valence-corrected chi connectivity index (χ0v) is 13.6. The summed E-state index contributed by atoms with van der Waals surface area (Å²) in [6, 6.07) is 2.49. The molecule has 3 heterocycles. The van der Waals surface area contributed by atoms with Crippen LogP contribution < -0.4 is 0 Å². The lowest BCUT2D eigenvalue weighted by molar-refractivity contribution is -0.139. The van der Waals surface area contributed by atoms with Crippen LogP contribution in [0.25, 0.3) is 4.91 Å². The van der Waals surface area contributed by atoms with Gasteiger partial charge in [0.25, 0.3) is 0 Å². The fourth-order valence-corrected chi connectivity index (χ4v) is 5.39. The summed E-state index contributed by atoms with van der Waals surface area (Å²) in [4.78, 5) is 16.4.